The Morgan fingerprint density at radius 1 is 1.56 bits per heavy atom. The maximum atomic E-state index is 12.3. The van der Waals surface area contributed by atoms with Gasteiger partial charge in [0.15, 0.2) is 5.69 Å². The zero-order valence-corrected chi connectivity index (χ0v) is 11.2. The highest BCUT2D eigenvalue weighted by Crippen LogP contribution is 2.22. The molecule has 1 fully saturated rings. The number of nitrogens with zero attached hydrogens (tertiary/aromatic N) is 3. The van der Waals surface area contributed by atoms with E-state index in [0.717, 1.165) is 23.9 Å². The number of carbonyl (C=O) groups is 1. The van der Waals surface area contributed by atoms with Crippen molar-refractivity contribution in [3.05, 3.63) is 16.4 Å². The lowest BCUT2D eigenvalue weighted by Crippen LogP contribution is -2.42. The minimum absolute atomic E-state index is 0.0414. The van der Waals surface area contributed by atoms with Gasteiger partial charge < -0.3 is 4.90 Å². The van der Waals surface area contributed by atoms with E-state index in [9.17, 15) is 4.79 Å². The predicted molar refractivity (Wildman–Crippen MR) is 65.3 cm³/mol. The van der Waals surface area contributed by atoms with Crippen molar-refractivity contribution in [3.8, 4) is 0 Å². The van der Waals surface area contributed by atoms with E-state index in [2.05, 4.69) is 28.0 Å². The summed E-state index contributed by atoms with van der Waals surface area (Å²) in [5.74, 6) is 0.0414. The average molecular weight is 286 g/mol. The molecule has 16 heavy (non-hydrogen) atoms. The Bertz CT molecular complexity index is 402. The zero-order valence-electron chi connectivity index (χ0n) is 9.61. The van der Waals surface area contributed by atoms with Crippen LogP contribution < -0.4 is 0 Å². The topological polar surface area (TPSA) is 38.1 Å². The lowest BCUT2D eigenvalue weighted by atomic mass is 10.0. The average Bonchev–Trinajstić information content (AvgIpc) is 2.58. The molecule has 0 aliphatic carbocycles. The van der Waals surface area contributed by atoms with Gasteiger partial charge in [-0.1, -0.05) is 0 Å². The number of amides is 1. The maximum Gasteiger partial charge on any atom is 0.275 e. The SMILES string of the molecule is CC1CCCCN1C(=O)c1nn(C)cc1Br. The Balaban J connectivity index is 2.21. The molecule has 1 unspecified atom stereocenters. The summed E-state index contributed by atoms with van der Waals surface area (Å²) < 4.78 is 2.43. The van der Waals surface area contributed by atoms with Crippen molar-refractivity contribution in [3.63, 3.8) is 0 Å². The van der Waals surface area contributed by atoms with Crippen LogP contribution in [0, 0.1) is 0 Å². The molecule has 1 atom stereocenters. The fraction of sp³-hybridized carbons (Fsp3) is 0.636. The standard InChI is InChI=1S/C11H16BrN3O/c1-8-5-3-4-6-15(8)11(16)10-9(12)7-14(2)13-10/h7-8H,3-6H2,1-2H3. The molecule has 0 radical (unpaired) electrons. The number of aromatic nitrogens is 2. The fourth-order valence-corrected chi connectivity index (χ4v) is 2.69. The number of hydrogen-bond acceptors (Lipinski definition) is 2. The van der Waals surface area contributed by atoms with Gasteiger partial charge >= 0.3 is 0 Å². The number of aryl methyl sites for hydroxylation is 1. The number of carbonyl (C=O) groups excluding carboxylic acids is 1. The van der Waals surface area contributed by atoms with E-state index in [1.165, 1.54) is 6.42 Å². The molecular weight excluding hydrogens is 270 g/mol. The molecule has 5 heteroatoms. The van der Waals surface area contributed by atoms with Crippen molar-refractivity contribution >= 4 is 21.8 Å². The number of rotatable bonds is 1. The second kappa shape index (κ2) is 4.57. The number of hydrogen-bond donors (Lipinski definition) is 0. The van der Waals surface area contributed by atoms with Gasteiger partial charge in [-0.3, -0.25) is 9.48 Å². The summed E-state index contributed by atoms with van der Waals surface area (Å²) >= 11 is 3.37. The number of halogens is 1. The zero-order chi connectivity index (χ0) is 11.7. The van der Waals surface area contributed by atoms with Crippen LogP contribution in [0.4, 0.5) is 0 Å². The van der Waals surface area contributed by atoms with E-state index in [4.69, 9.17) is 0 Å². The van der Waals surface area contributed by atoms with Crippen molar-refractivity contribution in [2.24, 2.45) is 7.05 Å². The van der Waals surface area contributed by atoms with Crippen LogP contribution in [-0.2, 0) is 7.05 Å². The Kier molecular flexibility index (Phi) is 3.33. The lowest BCUT2D eigenvalue weighted by molar-refractivity contribution is 0.0628. The normalized spacial score (nSPS) is 21.2. The summed E-state index contributed by atoms with van der Waals surface area (Å²) in [6.07, 6.45) is 5.22. The van der Waals surface area contributed by atoms with Crippen molar-refractivity contribution in [2.75, 3.05) is 6.54 Å². The maximum absolute atomic E-state index is 12.3. The Hall–Kier alpha value is -0.840. The quantitative estimate of drug-likeness (QED) is 0.793. The van der Waals surface area contributed by atoms with Gasteiger partial charge in [0.05, 0.1) is 4.47 Å². The highest BCUT2D eigenvalue weighted by Gasteiger charge is 2.27. The van der Waals surface area contributed by atoms with Gasteiger partial charge in [-0.15, -0.1) is 0 Å². The summed E-state index contributed by atoms with van der Waals surface area (Å²) in [5, 5.41) is 4.20. The third kappa shape index (κ3) is 2.14. The van der Waals surface area contributed by atoms with E-state index in [0.29, 0.717) is 11.7 Å². The van der Waals surface area contributed by atoms with Crippen molar-refractivity contribution in [2.45, 2.75) is 32.2 Å². The summed E-state index contributed by atoms with van der Waals surface area (Å²) in [6, 6.07) is 0.329. The predicted octanol–water partition coefficient (Wildman–Crippen LogP) is 2.20. The highest BCUT2D eigenvalue weighted by atomic mass is 79.9. The van der Waals surface area contributed by atoms with Crippen LogP contribution >= 0.6 is 15.9 Å². The van der Waals surface area contributed by atoms with E-state index in [1.54, 1.807) is 4.68 Å². The van der Waals surface area contributed by atoms with Gasteiger partial charge in [-0.05, 0) is 42.1 Å². The Labute approximate surface area is 104 Å². The summed E-state index contributed by atoms with van der Waals surface area (Å²) in [7, 11) is 1.82. The van der Waals surface area contributed by atoms with Crippen LogP contribution in [0.25, 0.3) is 0 Å². The smallest absolute Gasteiger partial charge is 0.275 e. The molecule has 4 nitrogen and oxygen atoms in total. The van der Waals surface area contributed by atoms with Gasteiger partial charge in [0.2, 0.25) is 0 Å². The van der Waals surface area contributed by atoms with E-state index < -0.39 is 0 Å². The van der Waals surface area contributed by atoms with Gasteiger partial charge in [-0.2, -0.15) is 5.10 Å². The van der Waals surface area contributed by atoms with E-state index >= 15 is 0 Å². The van der Waals surface area contributed by atoms with Crippen molar-refractivity contribution < 1.29 is 4.79 Å². The van der Waals surface area contributed by atoms with Crippen molar-refractivity contribution in [1.82, 2.24) is 14.7 Å². The first-order valence-corrected chi connectivity index (χ1v) is 6.39. The minimum atomic E-state index is 0.0414. The second-order valence-electron chi connectivity index (χ2n) is 4.34. The summed E-state index contributed by atoms with van der Waals surface area (Å²) in [5.41, 5.74) is 0.524. The molecular formula is C11H16BrN3O. The molecule has 2 rings (SSSR count). The Morgan fingerprint density at radius 3 is 2.88 bits per heavy atom. The third-order valence-electron chi connectivity index (χ3n) is 3.05. The van der Waals surface area contributed by atoms with Crippen LogP contribution in [0.2, 0.25) is 0 Å². The molecule has 0 N–H and O–H groups in total. The van der Waals surface area contributed by atoms with Gasteiger partial charge in [-0.25, -0.2) is 0 Å². The van der Waals surface area contributed by atoms with Crippen LogP contribution in [0.1, 0.15) is 36.7 Å². The highest BCUT2D eigenvalue weighted by molar-refractivity contribution is 9.10. The minimum Gasteiger partial charge on any atom is -0.335 e. The molecule has 0 bridgehead atoms. The first-order chi connectivity index (χ1) is 7.59. The van der Waals surface area contributed by atoms with Gasteiger partial charge in [0, 0.05) is 25.8 Å². The molecule has 0 spiro atoms. The third-order valence-corrected chi connectivity index (χ3v) is 3.63. The second-order valence-corrected chi connectivity index (χ2v) is 5.20. The number of likely N-dealkylation sites (tertiary alicyclic amines) is 1. The molecule has 1 aromatic rings. The van der Waals surface area contributed by atoms with Crippen LogP contribution in [0.15, 0.2) is 10.7 Å². The molecule has 1 aliphatic rings. The molecule has 1 aliphatic heterocycles. The molecule has 1 saturated heterocycles. The summed E-state index contributed by atoms with van der Waals surface area (Å²) in [6.45, 7) is 2.96. The summed E-state index contributed by atoms with van der Waals surface area (Å²) in [4.78, 5) is 14.2. The fourth-order valence-electron chi connectivity index (χ4n) is 2.14. The van der Waals surface area contributed by atoms with Gasteiger partial charge in [0.25, 0.3) is 5.91 Å². The molecule has 88 valence electrons. The van der Waals surface area contributed by atoms with Crippen LogP contribution in [0.3, 0.4) is 0 Å². The molecule has 0 saturated carbocycles. The number of piperidine rings is 1. The molecule has 1 aromatic heterocycles. The molecule has 2 heterocycles. The van der Waals surface area contributed by atoms with Crippen molar-refractivity contribution in [1.29, 1.82) is 0 Å². The van der Waals surface area contributed by atoms with E-state index in [-0.39, 0.29) is 5.91 Å². The molecule has 1 amide bonds. The van der Waals surface area contributed by atoms with Crippen LogP contribution in [-0.4, -0.2) is 33.2 Å². The monoisotopic (exact) mass is 285 g/mol. The first kappa shape index (κ1) is 11.6. The Morgan fingerprint density at radius 2 is 2.31 bits per heavy atom. The lowest BCUT2D eigenvalue weighted by Gasteiger charge is -2.32. The van der Waals surface area contributed by atoms with Gasteiger partial charge in [0.1, 0.15) is 0 Å². The largest absolute Gasteiger partial charge is 0.335 e. The first-order valence-electron chi connectivity index (χ1n) is 5.59. The van der Waals surface area contributed by atoms with E-state index in [1.807, 2.05) is 18.1 Å². The van der Waals surface area contributed by atoms with Crippen LogP contribution in [0.5, 0.6) is 0 Å². The molecule has 0 aromatic carbocycles.